The van der Waals surface area contributed by atoms with Crippen LogP contribution in [0.3, 0.4) is 0 Å². The molecule has 1 fully saturated rings. The molecule has 3 amide bonds. The van der Waals surface area contributed by atoms with Gasteiger partial charge in [0.25, 0.3) is 5.91 Å². The van der Waals surface area contributed by atoms with E-state index in [1.165, 1.54) is 25.3 Å². The quantitative estimate of drug-likeness (QED) is 0.516. The summed E-state index contributed by atoms with van der Waals surface area (Å²) in [5, 5.41) is 11.4. The average Bonchev–Trinajstić information content (AvgIpc) is 2.95. The van der Waals surface area contributed by atoms with E-state index in [1.807, 2.05) is 31.2 Å². The van der Waals surface area contributed by atoms with Crippen LogP contribution in [0.5, 0.6) is 11.5 Å². The number of carbonyl (C=O) groups is 3. The Morgan fingerprint density at radius 3 is 2.57 bits per heavy atom. The van der Waals surface area contributed by atoms with Crippen molar-refractivity contribution in [1.82, 2.24) is 10.2 Å². The second kappa shape index (κ2) is 8.87. The van der Waals surface area contributed by atoms with Gasteiger partial charge in [-0.2, -0.15) is 0 Å². The van der Waals surface area contributed by atoms with Crippen molar-refractivity contribution in [2.24, 2.45) is 0 Å². The second-order valence-corrected chi connectivity index (χ2v) is 6.99. The number of ether oxygens (including phenoxy) is 2. The first kappa shape index (κ1) is 21.2. The Balaban J connectivity index is 1.83. The highest BCUT2D eigenvalue weighted by Gasteiger charge is 2.33. The normalized spacial score (nSPS) is 14.8. The number of carboxylic acid groups (broad SMARTS) is 1. The summed E-state index contributed by atoms with van der Waals surface area (Å²) in [6.45, 7) is 1.52. The predicted octanol–water partition coefficient (Wildman–Crippen LogP) is 3.21. The molecule has 156 valence electrons. The van der Waals surface area contributed by atoms with Gasteiger partial charge in [0.05, 0.1) is 18.7 Å². The Kier molecular flexibility index (Phi) is 6.27. The lowest BCUT2D eigenvalue weighted by molar-refractivity contribution is -0.139. The summed E-state index contributed by atoms with van der Waals surface area (Å²) in [6, 6.07) is 10.0. The van der Waals surface area contributed by atoms with Gasteiger partial charge < -0.3 is 19.9 Å². The van der Waals surface area contributed by atoms with Crippen LogP contribution in [-0.4, -0.2) is 41.6 Å². The average molecular weight is 431 g/mol. The van der Waals surface area contributed by atoms with Crippen LogP contribution in [-0.2, 0) is 16.1 Å². The maximum Gasteiger partial charge on any atom is 0.341 e. The second-order valence-electron chi connectivity index (χ2n) is 6.58. The van der Waals surface area contributed by atoms with E-state index in [4.69, 9.17) is 26.2 Å². The fraction of sp³-hybridized carbons (Fsp3) is 0.190. The van der Waals surface area contributed by atoms with E-state index < -0.39 is 24.5 Å². The minimum absolute atomic E-state index is 0.0755. The number of hydrogen-bond acceptors (Lipinski definition) is 5. The summed E-state index contributed by atoms with van der Waals surface area (Å²) in [4.78, 5) is 36.8. The number of benzene rings is 2. The third-order valence-electron chi connectivity index (χ3n) is 4.33. The number of imide groups is 1. The standard InChI is InChI=1S/C21H19ClN2O6/c1-12-3-5-13(6-4-12)10-24-20(27)16(23-21(24)28)8-14-7-15(22)19(17(9-14)29-2)30-11-18(25)26/h3-9H,10-11H2,1-2H3,(H,23,28)(H,25,26)/b16-8-. The number of nitrogens with one attached hydrogen (secondary N) is 1. The molecule has 0 unspecified atom stereocenters. The van der Waals surface area contributed by atoms with Crippen molar-refractivity contribution in [3.8, 4) is 11.5 Å². The minimum atomic E-state index is -1.16. The summed E-state index contributed by atoms with van der Waals surface area (Å²) < 4.78 is 10.4. The SMILES string of the molecule is COc1cc(/C=C2\NC(=O)N(Cc3ccc(C)cc3)C2=O)cc(Cl)c1OCC(=O)O. The monoisotopic (exact) mass is 430 g/mol. The molecule has 30 heavy (non-hydrogen) atoms. The molecule has 0 radical (unpaired) electrons. The maximum absolute atomic E-state index is 12.7. The lowest BCUT2D eigenvalue weighted by Gasteiger charge is -2.12. The lowest BCUT2D eigenvalue weighted by Crippen LogP contribution is -2.30. The number of nitrogens with zero attached hydrogens (tertiary/aromatic N) is 1. The van der Waals surface area contributed by atoms with Gasteiger partial charge in [-0.05, 0) is 36.3 Å². The molecule has 8 nitrogen and oxygen atoms in total. The zero-order valence-electron chi connectivity index (χ0n) is 16.3. The Morgan fingerprint density at radius 1 is 1.23 bits per heavy atom. The molecule has 2 aromatic rings. The van der Waals surface area contributed by atoms with E-state index in [1.54, 1.807) is 0 Å². The van der Waals surface area contributed by atoms with Crippen LogP contribution in [0.25, 0.3) is 6.08 Å². The molecule has 3 rings (SSSR count). The number of aryl methyl sites for hydroxylation is 1. The van der Waals surface area contributed by atoms with Crippen molar-refractivity contribution in [2.45, 2.75) is 13.5 Å². The van der Waals surface area contributed by atoms with Crippen molar-refractivity contribution in [1.29, 1.82) is 0 Å². The number of halogens is 1. The maximum atomic E-state index is 12.7. The van der Waals surface area contributed by atoms with Crippen molar-refractivity contribution >= 4 is 35.6 Å². The molecule has 2 N–H and O–H groups in total. The molecule has 1 heterocycles. The molecule has 0 saturated carbocycles. The molecule has 0 aromatic heterocycles. The molecule has 0 bridgehead atoms. The van der Waals surface area contributed by atoms with Gasteiger partial charge in [0.15, 0.2) is 18.1 Å². The van der Waals surface area contributed by atoms with Crippen LogP contribution in [0.15, 0.2) is 42.1 Å². The van der Waals surface area contributed by atoms with Crippen molar-refractivity contribution in [3.63, 3.8) is 0 Å². The highest BCUT2D eigenvalue weighted by atomic mass is 35.5. The number of rotatable bonds is 7. The van der Waals surface area contributed by atoms with Crippen molar-refractivity contribution in [2.75, 3.05) is 13.7 Å². The van der Waals surface area contributed by atoms with Crippen molar-refractivity contribution < 1.29 is 29.0 Å². The summed E-state index contributed by atoms with van der Waals surface area (Å²) in [6.07, 6.45) is 1.46. The Hall–Kier alpha value is -3.52. The Labute approximate surface area is 177 Å². The molecule has 0 aliphatic carbocycles. The third kappa shape index (κ3) is 4.72. The van der Waals surface area contributed by atoms with E-state index in [0.29, 0.717) is 5.56 Å². The van der Waals surface area contributed by atoms with E-state index >= 15 is 0 Å². The summed E-state index contributed by atoms with van der Waals surface area (Å²) in [7, 11) is 1.38. The number of hydrogen-bond donors (Lipinski definition) is 2. The fourth-order valence-corrected chi connectivity index (χ4v) is 3.13. The van der Waals surface area contributed by atoms with Gasteiger partial charge in [0.1, 0.15) is 5.70 Å². The van der Waals surface area contributed by atoms with Gasteiger partial charge in [-0.1, -0.05) is 41.4 Å². The predicted molar refractivity (Wildman–Crippen MR) is 109 cm³/mol. The first-order chi connectivity index (χ1) is 14.3. The van der Waals surface area contributed by atoms with Crippen LogP contribution < -0.4 is 14.8 Å². The van der Waals surface area contributed by atoms with E-state index in [9.17, 15) is 14.4 Å². The smallest absolute Gasteiger partial charge is 0.341 e. The van der Waals surface area contributed by atoms with Crippen LogP contribution in [0, 0.1) is 6.92 Å². The van der Waals surface area contributed by atoms with Crippen LogP contribution >= 0.6 is 11.6 Å². The van der Waals surface area contributed by atoms with E-state index in [2.05, 4.69) is 5.32 Å². The van der Waals surface area contributed by atoms with Gasteiger partial charge >= 0.3 is 12.0 Å². The highest BCUT2D eigenvalue weighted by molar-refractivity contribution is 6.32. The molecule has 1 saturated heterocycles. The van der Waals surface area contributed by atoms with Crippen molar-refractivity contribution in [3.05, 3.63) is 63.8 Å². The molecule has 0 atom stereocenters. The van der Waals surface area contributed by atoms with Gasteiger partial charge in [0.2, 0.25) is 0 Å². The number of aliphatic carboxylic acids is 1. The van der Waals surface area contributed by atoms with Crippen LogP contribution in [0.2, 0.25) is 5.02 Å². The first-order valence-electron chi connectivity index (χ1n) is 8.90. The van der Waals surface area contributed by atoms with E-state index in [0.717, 1.165) is 16.0 Å². The summed E-state index contributed by atoms with van der Waals surface area (Å²) in [5.41, 5.74) is 2.47. The third-order valence-corrected chi connectivity index (χ3v) is 4.61. The summed E-state index contributed by atoms with van der Waals surface area (Å²) in [5.74, 6) is -1.36. The largest absolute Gasteiger partial charge is 0.493 e. The number of carbonyl (C=O) groups excluding carboxylic acids is 2. The van der Waals surface area contributed by atoms with Crippen LogP contribution in [0.1, 0.15) is 16.7 Å². The Bertz CT molecular complexity index is 1030. The number of urea groups is 1. The molecular weight excluding hydrogens is 412 g/mol. The van der Waals surface area contributed by atoms with Gasteiger partial charge in [-0.25, -0.2) is 9.59 Å². The number of methoxy groups -OCH3 is 1. The lowest BCUT2D eigenvalue weighted by atomic mass is 10.1. The Morgan fingerprint density at radius 2 is 1.93 bits per heavy atom. The zero-order valence-corrected chi connectivity index (χ0v) is 17.0. The number of amides is 3. The topological polar surface area (TPSA) is 105 Å². The summed E-state index contributed by atoms with van der Waals surface area (Å²) >= 11 is 6.19. The molecule has 1 aliphatic heterocycles. The van der Waals surface area contributed by atoms with Gasteiger partial charge in [-0.3, -0.25) is 9.69 Å². The van der Waals surface area contributed by atoms with Crippen LogP contribution in [0.4, 0.5) is 4.79 Å². The minimum Gasteiger partial charge on any atom is -0.493 e. The highest BCUT2D eigenvalue weighted by Crippen LogP contribution is 2.37. The first-order valence-corrected chi connectivity index (χ1v) is 9.28. The van der Waals surface area contributed by atoms with Gasteiger partial charge in [0, 0.05) is 0 Å². The van der Waals surface area contributed by atoms with E-state index in [-0.39, 0.29) is 28.8 Å². The molecule has 1 aliphatic rings. The molecule has 9 heteroatoms. The number of carboxylic acids is 1. The molecule has 0 spiro atoms. The molecule has 2 aromatic carbocycles. The fourth-order valence-electron chi connectivity index (χ4n) is 2.86. The zero-order chi connectivity index (χ0) is 21.8. The molecular formula is C21H19ClN2O6. The van der Waals surface area contributed by atoms with Gasteiger partial charge in [-0.15, -0.1) is 0 Å².